The molecule has 0 saturated heterocycles. The van der Waals surface area contributed by atoms with Crippen molar-refractivity contribution < 1.29 is 9.53 Å². The molecule has 0 saturated carbocycles. The van der Waals surface area contributed by atoms with Crippen molar-refractivity contribution in [3.63, 3.8) is 0 Å². The zero-order chi connectivity index (χ0) is 17.8. The van der Waals surface area contributed by atoms with Crippen molar-refractivity contribution in [1.29, 1.82) is 0 Å². The molecule has 1 unspecified atom stereocenters. The fourth-order valence-corrected chi connectivity index (χ4v) is 2.40. The predicted octanol–water partition coefficient (Wildman–Crippen LogP) is 2.69. The number of aryl methyl sites for hydroxylation is 2. The fraction of sp³-hybridized carbons (Fsp3) is 0.222. The van der Waals surface area contributed by atoms with Crippen molar-refractivity contribution in [1.82, 2.24) is 20.2 Å². The van der Waals surface area contributed by atoms with Gasteiger partial charge in [-0.25, -0.2) is 4.68 Å². The van der Waals surface area contributed by atoms with Gasteiger partial charge in [-0.3, -0.25) is 4.79 Å². The smallest absolute Gasteiger partial charge is 0.265 e. The highest BCUT2D eigenvalue weighted by atomic mass is 16.5. The van der Waals surface area contributed by atoms with E-state index in [1.165, 1.54) is 6.33 Å². The van der Waals surface area contributed by atoms with E-state index >= 15 is 0 Å². The molecule has 0 radical (unpaired) electrons. The Kier molecular flexibility index (Phi) is 4.74. The number of amides is 1. The number of benzene rings is 2. The highest BCUT2D eigenvalue weighted by Gasteiger charge is 2.15. The van der Waals surface area contributed by atoms with Crippen molar-refractivity contribution in [3.8, 4) is 11.4 Å². The van der Waals surface area contributed by atoms with E-state index < -0.39 is 6.10 Å². The molecule has 0 fully saturated rings. The number of carbonyl (C=O) groups excluding carboxylic acids is 1. The number of hydrogen-bond donors (Lipinski definition) is 1. The molecule has 1 aromatic heterocycles. The average Bonchev–Trinajstić information content (AvgIpc) is 3.12. The average molecular weight is 337 g/mol. The second-order valence-electron chi connectivity index (χ2n) is 5.82. The quantitative estimate of drug-likeness (QED) is 0.774. The lowest BCUT2D eigenvalue weighted by Crippen LogP contribution is -2.30. The van der Waals surface area contributed by atoms with E-state index in [9.17, 15) is 4.79 Å². The van der Waals surface area contributed by atoms with Gasteiger partial charge < -0.3 is 10.1 Å². The molecule has 0 spiro atoms. The minimum atomic E-state index is -0.625. The molecule has 7 nitrogen and oxygen atoms in total. The van der Waals surface area contributed by atoms with E-state index in [4.69, 9.17) is 4.74 Å². The number of tetrazole rings is 1. The Hall–Kier alpha value is -3.22. The second kappa shape index (κ2) is 7.12. The van der Waals surface area contributed by atoms with Gasteiger partial charge in [-0.1, -0.05) is 17.7 Å². The summed E-state index contributed by atoms with van der Waals surface area (Å²) in [6, 6.07) is 13.1. The first kappa shape index (κ1) is 16.6. The van der Waals surface area contributed by atoms with Crippen LogP contribution in [0, 0.1) is 13.8 Å². The third kappa shape index (κ3) is 4.00. The lowest BCUT2D eigenvalue weighted by atomic mass is 10.1. The van der Waals surface area contributed by atoms with Crippen LogP contribution in [0.4, 0.5) is 5.69 Å². The van der Waals surface area contributed by atoms with Gasteiger partial charge in [0.1, 0.15) is 12.1 Å². The molecule has 1 atom stereocenters. The Labute approximate surface area is 145 Å². The summed E-state index contributed by atoms with van der Waals surface area (Å²) >= 11 is 0. The van der Waals surface area contributed by atoms with Crippen molar-refractivity contribution in [2.45, 2.75) is 26.9 Å². The van der Waals surface area contributed by atoms with Crippen LogP contribution in [0.5, 0.6) is 5.75 Å². The molecule has 0 aliphatic rings. The Morgan fingerprint density at radius 2 is 1.92 bits per heavy atom. The molecule has 1 amide bonds. The first-order valence-electron chi connectivity index (χ1n) is 7.91. The number of ether oxygens (including phenoxy) is 1. The van der Waals surface area contributed by atoms with Crippen LogP contribution < -0.4 is 10.1 Å². The number of hydrogen-bond acceptors (Lipinski definition) is 5. The first-order chi connectivity index (χ1) is 12.0. The van der Waals surface area contributed by atoms with E-state index in [1.54, 1.807) is 23.7 Å². The Morgan fingerprint density at radius 3 is 2.56 bits per heavy atom. The summed E-state index contributed by atoms with van der Waals surface area (Å²) in [5, 5.41) is 13.9. The zero-order valence-corrected chi connectivity index (χ0v) is 14.3. The standard InChI is InChI=1S/C18H19N5O2/c1-12-4-9-17(13(2)10-12)20-18(24)14(3)25-16-7-5-15(6-8-16)23-11-19-21-22-23/h4-11,14H,1-3H3,(H,20,24). The predicted molar refractivity (Wildman–Crippen MR) is 93.8 cm³/mol. The number of aromatic nitrogens is 4. The molecule has 3 aromatic rings. The molecule has 2 aromatic carbocycles. The van der Waals surface area contributed by atoms with E-state index in [0.717, 1.165) is 22.5 Å². The number of carbonyl (C=O) groups is 1. The van der Waals surface area contributed by atoms with E-state index in [1.807, 2.05) is 44.2 Å². The normalized spacial score (nSPS) is 11.8. The monoisotopic (exact) mass is 337 g/mol. The van der Waals surface area contributed by atoms with Crippen LogP contribution >= 0.6 is 0 Å². The van der Waals surface area contributed by atoms with Gasteiger partial charge in [0.05, 0.1) is 5.69 Å². The maximum absolute atomic E-state index is 12.3. The topological polar surface area (TPSA) is 81.9 Å². The summed E-state index contributed by atoms with van der Waals surface area (Å²) in [6.07, 6.45) is 0.884. The second-order valence-corrected chi connectivity index (χ2v) is 5.82. The van der Waals surface area contributed by atoms with Gasteiger partial charge in [-0.15, -0.1) is 5.10 Å². The minimum absolute atomic E-state index is 0.198. The Bertz CT molecular complexity index is 860. The summed E-state index contributed by atoms with van der Waals surface area (Å²) in [5.74, 6) is 0.400. The largest absolute Gasteiger partial charge is 0.481 e. The van der Waals surface area contributed by atoms with Crippen molar-refractivity contribution in [2.75, 3.05) is 5.32 Å². The van der Waals surface area contributed by atoms with Gasteiger partial charge in [0.25, 0.3) is 5.91 Å². The number of nitrogens with one attached hydrogen (secondary N) is 1. The van der Waals surface area contributed by atoms with Gasteiger partial charge in [-0.05, 0) is 67.1 Å². The van der Waals surface area contributed by atoms with Gasteiger partial charge >= 0.3 is 0 Å². The Morgan fingerprint density at radius 1 is 1.16 bits per heavy atom. The van der Waals surface area contributed by atoms with Crippen molar-refractivity contribution in [3.05, 3.63) is 59.9 Å². The van der Waals surface area contributed by atoms with Crippen LogP contribution in [-0.4, -0.2) is 32.2 Å². The van der Waals surface area contributed by atoms with Gasteiger partial charge in [-0.2, -0.15) is 0 Å². The zero-order valence-electron chi connectivity index (χ0n) is 14.3. The third-order valence-electron chi connectivity index (χ3n) is 3.77. The lowest BCUT2D eigenvalue weighted by molar-refractivity contribution is -0.122. The third-order valence-corrected chi connectivity index (χ3v) is 3.77. The lowest BCUT2D eigenvalue weighted by Gasteiger charge is -2.16. The molecule has 25 heavy (non-hydrogen) atoms. The van der Waals surface area contributed by atoms with Crippen LogP contribution in [0.25, 0.3) is 5.69 Å². The number of nitrogens with zero attached hydrogens (tertiary/aromatic N) is 4. The van der Waals surface area contributed by atoms with Crippen LogP contribution in [0.3, 0.4) is 0 Å². The minimum Gasteiger partial charge on any atom is -0.481 e. The molecule has 1 heterocycles. The molecule has 0 aliphatic heterocycles. The molecule has 7 heteroatoms. The molecular weight excluding hydrogens is 318 g/mol. The van der Waals surface area contributed by atoms with E-state index in [2.05, 4.69) is 20.8 Å². The summed E-state index contributed by atoms with van der Waals surface area (Å²) in [4.78, 5) is 12.3. The molecule has 0 bridgehead atoms. The molecule has 0 aliphatic carbocycles. The van der Waals surface area contributed by atoms with Crippen LogP contribution in [0.1, 0.15) is 18.1 Å². The summed E-state index contributed by atoms with van der Waals surface area (Å²) in [7, 11) is 0. The first-order valence-corrected chi connectivity index (χ1v) is 7.91. The number of anilines is 1. The van der Waals surface area contributed by atoms with Crippen LogP contribution in [-0.2, 0) is 4.79 Å². The van der Waals surface area contributed by atoms with E-state index in [-0.39, 0.29) is 5.91 Å². The molecule has 1 N–H and O–H groups in total. The summed E-state index contributed by atoms with van der Waals surface area (Å²) < 4.78 is 7.25. The van der Waals surface area contributed by atoms with Crippen LogP contribution in [0.2, 0.25) is 0 Å². The summed E-state index contributed by atoms with van der Waals surface area (Å²) in [5.41, 5.74) is 3.78. The SMILES string of the molecule is Cc1ccc(NC(=O)C(C)Oc2ccc(-n3cnnn3)cc2)c(C)c1. The molecule has 128 valence electrons. The Balaban J connectivity index is 1.63. The van der Waals surface area contributed by atoms with Crippen LogP contribution in [0.15, 0.2) is 48.8 Å². The number of rotatable bonds is 5. The van der Waals surface area contributed by atoms with Gasteiger partial charge in [0, 0.05) is 5.69 Å². The van der Waals surface area contributed by atoms with Crippen molar-refractivity contribution >= 4 is 11.6 Å². The maximum Gasteiger partial charge on any atom is 0.265 e. The van der Waals surface area contributed by atoms with Gasteiger partial charge in [0.2, 0.25) is 0 Å². The molecule has 3 rings (SSSR count). The van der Waals surface area contributed by atoms with E-state index in [0.29, 0.717) is 5.75 Å². The molecular formula is C18H19N5O2. The van der Waals surface area contributed by atoms with Gasteiger partial charge in [0.15, 0.2) is 6.10 Å². The maximum atomic E-state index is 12.3. The highest BCUT2D eigenvalue weighted by molar-refractivity contribution is 5.94. The summed E-state index contributed by atoms with van der Waals surface area (Å²) in [6.45, 7) is 5.70. The van der Waals surface area contributed by atoms with Crippen molar-refractivity contribution in [2.24, 2.45) is 0 Å². The highest BCUT2D eigenvalue weighted by Crippen LogP contribution is 2.18. The fourth-order valence-electron chi connectivity index (χ4n) is 2.40.